The average Bonchev–Trinajstić information content (AvgIpc) is 2.67. The molecule has 7 heteroatoms. The molecule has 2 fully saturated rings. The molecule has 2 aromatic rings. The van der Waals surface area contributed by atoms with Gasteiger partial charge in [0.15, 0.2) is 0 Å². The maximum Gasteiger partial charge on any atom is 0.249 e. The third kappa shape index (κ3) is 3.53. The fourth-order valence-electron chi connectivity index (χ4n) is 3.58. The molecule has 2 aliphatic rings. The van der Waals surface area contributed by atoms with E-state index in [9.17, 15) is 4.79 Å². The summed E-state index contributed by atoms with van der Waals surface area (Å²) >= 11 is 0. The molecule has 2 saturated heterocycles. The average molecular weight is 353 g/mol. The second-order valence-corrected chi connectivity index (χ2v) is 7.09. The molecule has 4 heterocycles. The number of morpholine rings is 1. The molecule has 0 N–H and O–H groups in total. The fraction of sp³-hybridized carbons (Fsp3) is 0.474. The van der Waals surface area contributed by atoms with Crippen molar-refractivity contribution in [3.63, 3.8) is 0 Å². The summed E-state index contributed by atoms with van der Waals surface area (Å²) in [7, 11) is 0. The summed E-state index contributed by atoms with van der Waals surface area (Å²) in [5.41, 5.74) is 1.69. The molecule has 0 unspecified atom stereocenters. The van der Waals surface area contributed by atoms with Gasteiger partial charge in [-0.15, -0.1) is 0 Å². The molecule has 0 atom stereocenters. The van der Waals surface area contributed by atoms with Crippen molar-refractivity contribution in [2.45, 2.75) is 31.9 Å². The van der Waals surface area contributed by atoms with Crippen molar-refractivity contribution in [2.24, 2.45) is 0 Å². The van der Waals surface area contributed by atoms with Crippen LogP contribution >= 0.6 is 0 Å². The Hall–Kier alpha value is -2.54. The maximum atomic E-state index is 12.3. The Balaban J connectivity index is 1.41. The largest absolute Gasteiger partial charge is 0.363 e. The summed E-state index contributed by atoms with van der Waals surface area (Å²) in [5, 5.41) is 0. The molecule has 1 amide bonds. The van der Waals surface area contributed by atoms with Crippen LogP contribution in [0.15, 0.2) is 36.8 Å². The van der Waals surface area contributed by atoms with E-state index in [0.29, 0.717) is 13.1 Å². The summed E-state index contributed by atoms with van der Waals surface area (Å²) in [4.78, 5) is 29.5. The molecule has 2 aromatic heterocycles. The Labute approximate surface area is 153 Å². The predicted octanol–water partition coefficient (Wildman–Crippen LogP) is 1.58. The first-order chi connectivity index (χ1) is 12.6. The van der Waals surface area contributed by atoms with Gasteiger partial charge in [-0.05, 0) is 37.5 Å². The van der Waals surface area contributed by atoms with E-state index in [1.807, 2.05) is 42.4 Å². The number of aryl methyl sites for hydroxylation is 1. The van der Waals surface area contributed by atoms with Crippen LogP contribution in [0.2, 0.25) is 0 Å². The number of carbonyl (C=O) groups excluding carboxylic acids is 1. The highest BCUT2D eigenvalue weighted by atomic mass is 16.5. The van der Waals surface area contributed by atoms with Gasteiger partial charge in [0, 0.05) is 31.7 Å². The predicted molar refractivity (Wildman–Crippen MR) is 96.6 cm³/mol. The van der Waals surface area contributed by atoms with Gasteiger partial charge in [-0.25, -0.2) is 9.97 Å². The second kappa shape index (κ2) is 6.99. The van der Waals surface area contributed by atoms with Crippen molar-refractivity contribution in [3.05, 3.63) is 48.0 Å². The van der Waals surface area contributed by atoms with Gasteiger partial charge in [-0.1, -0.05) is 6.07 Å². The van der Waals surface area contributed by atoms with E-state index in [2.05, 4.69) is 19.9 Å². The standard InChI is InChI=1S/C19H23N5O2/c1-15-10-21-18(22-11-15)23-8-5-19(6-9-23)14-24(17(25)13-26-19)12-16-4-2-3-7-20-16/h2-4,7,10-11H,5-6,8-9,12-14H2,1H3. The smallest absolute Gasteiger partial charge is 0.249 e. The highest BCUT2D eigenvalue weighted by molar-refractivity contribution is 5.78. The zero-order valence-electron chi connectivity index (χ0n) is 15.0. The van der Waals surface area contributed by atoms with Crippen LogP contribution in [0.5, 0.6) is 0 Å². The van der Waals surface area contributed by atoms with E-state index in [1.165, 1.54) is 0 Å². The molecule has 1 spiro atoms. The number of piperidine rings is 1. The summed E-state index contributed by atoms with van der Waals surface area (Å²) in [6, 6.07) is 5.78. The number of hydrogen-bond acceptors (Lipinski definition) is 6. The minimum absolute atomic E-state index is 0.0329. The van der Waals surface area contributed by atoms with Crippen molar-refractivity contribution in [1.82, 2.24) is 19.9 Å². The first-order valence-corrected chi connectivity index (χ1v) is 8.99. The Morgan fingerprint density at radius 2 is 1.92 bits per heavy atom. The highest BCUT2D eigenvalue weighted by Gasteiger charge is 2.42. The topological polar surface area (TPSA) is 71.5 Å². The fourth-order valence-corrected chi connectivity index (χ4v) is 3.58. The van der Waals surface area contributed by atoms with Gasteiger partial charge in [0.05, 0.1) is 24.4 Å². The van der Waals surface area contributed by atoms with Crippen molar-refractivity contribution in [1.29, 1.82) is 0 Å². The molecule has 0 aromatic carbocycles. The zero-order chi connectivity index (χ0) is 18.0. The minimum atomic E-state index is -0.274. The SMILES string of the molecule is Cc1cnc(N2CCC3(CC2)CN(Cc2ccccn2)C(=O)CO3)nc1. The third-order valence-electron chi connectivity index (χ3n) is 5.14. The Morgan fingerprint density at radius 1 is 1.15 bits per heavy atom. The number of amides is 1. The van der Waals surface area contributed by atoms with Gasteiger partial charge in [0.1, 0.15) is 6.61 Å². The molecule has 0 radical (unpaired) electrons. The van der Waals surface area contributed by atoms with Gasteiger partial charge in [-0.2, -0.15) is 0 Å². The van der Waals surface area contributed by atoms with Crippen LogP contribution in [0, 0.1) is 6.92 Å². The number of carbonyl (C=O) groups is 1. The number of aromatic nitrogens is 3. The lowest BCUT2D eigenvalue weighted by Crippen LogP contribution is -2.58. The maximum absolute atomic E-state index is 12.3. The quantitative estimate of drug-likeness (QED) is 0.834. The van der Waals surface area contributed by atoms with Gasteiger partial charge in [-0.3, -0.25) is 9.78 Å². The van der Waals surface area contributed by atoms with E-state index >= 15 is 0 Å². The van der Waals surface area contributed by atoms with E-state index in [-0.39, 0.29) is 18.1 Å². The second-order valence-electron chi connectivity index (χ2n) is 7.09. The van der Waals surface area contributed by atoms with Gasteiger partial charge in [0.2, 0.25) is 11.9 Å². The Bertz CT molecular complexity index is 757. The van der Waals surface area contributed by atoms with Gasteiger partial charge >= 0.3 is 0 Å². The lowest BCUT2D eigenvalue weighted by Gasteiger charge is -2.46. The van der Waals surface area contributed by atoms with E-state index in [1.54, 1.807) is 6.20 Å². The molecule has 2 aliphatic heterocycles. The van der Waals surface area contributed by atoms with Crippen LogP contribution in [0.4, 0.5) is 5.95 Å². The van der Waals surface area contributed by atoms with Crippen LogP contribution in [0.1, 0.15) is 24.1 Å². The summed E-state index contributed by atoms with van der Waals surface area (Å²) in [6.07, 6.45) is 7.16. The van der Waals surface area contributed by atoms with Crippen LogP contribution < -0.4 is 4.90 Å². The first kappa shape index (κ1) is 16.9. The van der Waals surface area contributed by atoms with Crippen molar-refractivity contribution in [2.75, 3.05) is 31.1 Å². The van der Waals surface area contributed by atoms with E-state index in [4.69, 9.17) is 4.74 Å². The van der Waals surface area contributed by atoms with Crippen molar-refractivity contribution >= 4 is 11.9 Å². The third-order valence-corrected chi connectivity index (χ3v) is 5.14. The molecule has 136 valence electrons. The number of nitrogens with zero attached hydrogens (tertiary/aromatic N) is 5. The summed E-state index contributed by atoms with van der Waals surface area (Å²) in [6.45, 7) is 4.94. The molecular formula is C19H23N5O2. The molecule has 7 nitrogen and oxygen atoms in total. The van der Waals surface area contributed by atoms with E-state index < -0.39 is 0 Å². The lowest BCUT2D eigenvalue weighted by molar-refractivity contribution is -0.168. The minimum Gasteiger partial charge on any atom is -0.363 e. The Morgan fingerprint density at radius 3 is 2.62 bits per heavy atom. The molecule has 4 rings (SSSR count). The number of anilines is 1. The van der Waals surface area contributed by atoms with Gasteiger partial charge in [0.25, 0.3) is 0 Å². The lowest BCUT2D eigenvalue weighted by atomic mass is 9.89. The van der Waals surface area contributed by atoms with Gasteiger partial charge < -0.3 is 14.5 Å². The van der Waals surface area contributed by atoms with Crippen LogP contribution in [-0.4, -0.2) is 57.6 Å². The van der Waals surface area contributed by atoms with Crippen molar-refractivity contribution in [3.8, 4) is 0 Å². The number of hydrogen-bond donors (Lipinski definition) is 0. The zero-order valence-corrected chi connectivity index (χ0v) is 15.0. The van der Waals surface area contributed by atoms with Crippen molar-refractivity contribution < 1.29 is 9.53 Å². The summed E-state index contributed by atoms with van der Waals surface area (Å²) in [5.74, 6) is 0.799. The molecule has 0 aliphatic carbocycles. The number of rotatable bonds is 3. The molecular weight excluding hydrogens is 330 g/mol. The summed E-state index contributed by atoms with van der Waals surface area (Å²) < 4.78 is 6.01. The Kier molecular flexibility index (Phi) is 4.55. The highest BCUT2D eigenvalue weighted by Crippen LogP contribution is 2.32. The molecule has 0 saturated carbocycles. The number of ether oxygens (including phenoxy) is 1. The first-order valence-electron chi connectivity index (χ1n) is 8.99. The van der Waals surface area contributed by atoms with E-state index in [0.717, 1.165) is 43.1 Å². The number of pyridine rings is 1. The van der Waals surface area contributed by atoms with Crippen LogP contribution in [0.25, 0.3) is 0 Å². The normalized spacial score (nSPS) is 19.8. The monoisotopic (exact) mass is 353 g/mol. The molecule has 26 heavy (non-hydrogen) atoms. The molecule has 0 bridgehead atoms. The van der Waals surface area contributed by atoms with Crippen LogP contribution in [-0.2, 0) is 16.1 Å². The van der Waals surface area contributed by atoms with Crippen LogP contribution in [0.3, 0.4) is 0 Å².